The van der Waals surface area contributed by atoms with Crippen LogP contribution >= 0.6 is 23.2 Å². The number of halogens is 2. The molecule has 8 heteroatoms. The molecular formula is C9H9Cl2NO4S. The molecule has 0 unspecified atom stereocenters. The van der Waals surface area contributed by atoms with E-state index in [-0.39, 0.29) is 14.9 Å². The first kappa shape index (κ1) is 14.2. The van der Waals surface area contributed by atoms with Crippen LogP contribution in [-0.4, -0.2) is 25.5 Å². The standard InChI is InChI=1S/C9H9Cl2NO4S/c1-5(9(13)14)12-17(15,16)8-4-6(10)2-3-7(8)11/h2-5,12H,1H3,(H,13,14)/t5-/m1/s1. The summed E-state index contributed by atoms with van der Waals surface area (Å²) in [6, 6.07) is 2.66. The largest absolute Gasteiger partial charge is 0.480 e. The molecule has 0 aromatic heterocycles. The smallest absolute Gasteiger partial charge is 0.321 e. The molecule has 0 saturated carbocycles. The van der Waals surface area contributed by atoms with E-state index in [1.165, 1.54) is 19.1 Å². The number of rotatable bonds is 4. The Kier molecular flexibility index (Phi) is 4.37. The van der Waals surface area contributed by atoms with Crippen molar-refractivity contribution in [3.8, 4) is 0 Å². The quantitative estimate of drug-likeness (QED) is 0.887. The normalized spacial score (nSPS) is 13.4. The molecule has 0 aliphatic heterocycles. The number of carboxylic acids is 1. The molecule has 0 amide bonds. The molecule has 1 aromatic rings. The van der Waals surface area contributed by atoms with Gasteiger partial charge in [0.25, 0.3) is 0 Å². The van der Waals surface area contributed by atoms with Crippen molar-refractivity contribution in [1.82, 2.24) is 4.72 Å². The van der Waals surface area contributed by atoms with Gasteiger partial charge in [-0.1, -0.05) is 23.2 Å². The molecule has 2 N–H and O–H groups in total. The minimum absolute atomic E-state index is 0.0283. The zero-order valence-electron chi connectivity index (χ0n) is 8.65. The zero-order chi connectivity index (χ0) is 13.2. The zero-order valence-corrected chi connectivity index (χ0v) is 11.0. The van der Waals surface area contributed by atoms with Gasteiger partial charge in [0.2, 0.25) is 10.0 Å². The first-order chi connectivity index (χ1) is 7.74. The Balaban J connectivity index is 3.13. The highest BCUT2D eigenvalue weighted by Gasteiger charge is 2.23. The van der Waals surface area contributed by atoms with Crippen molar-refractivity contribution in [2.24, 2.45) is 0 Å². The van der Waals surface area contributed by atoms with E-state index in [1.54, 1.807) is 0 Å². The summed E-state index contributed by atoms with van der Waals surface area (Å²) >= 11 is 11.4. The second-order valence-corrected chi connectivity index (χ2v) is 5.78. The fraction of sp³-hybridized carbons (Fsp3) is 0.222. The predicted octanol–water partition coefficient (Wildman–Crippen LogP) is 1.74. The number of aliphatic carboxylic acids is 1. The molecule has 1 aromatic carbocycles. The third-order valence-corrected chi connectivity index (χ3v) is 4.14. The number of carbonyl (C=O) groups is 1. The maximum absolute atomic E-state index is 11.8. The van der Waals surface area contributed by atoms with Crippen molar-refractivity contribution in [1.29, 1.82) is 0 Å². The Morgan fingerprint density at radius 2 is 2.00 bits per heavy atom. The van der Waals surface area contributed by atoms with Gasteiger partial charge in [-0.25, -0.2) is 8.42 Å². The van der Waals surface area contributed by atoms with E-state index < -0.39 is 22.0 Å². The van der Waals surface area contributed by atoms with Crippen molar-refractivity contribution in [2.75, 3.05) is 0 Å². The molecule has 5 nitrogen and oxygen atoms in total. The predicted molar refractivity (Wildman–Crippen MR) is 63.9 cm³/mol. The van der Waals surface area contributed by atoms with Gasteiger partial charge in [0, 0.05) is 5.02 Å². The Hall–Kier alpha value is -0.820. The van der Waals surface area contributed by atoms with Gasteiger partial charge >= 0.3 is 5.97 Å². The second kappa shape index (κ2) is 5.22. The van der Waals surface area contributed by atoms with Crippen LogP contribution in [0.25, 0.3) is 0 Å². The molecule has 0 spiro atoms. The van der Waals surface area contributed by atoms with E-state index in [9.17, 15) is 13.2 Å². The van der Waals surface area contributed by atoms with E-state index in [1.807, 2.05) is 4.72 Å². The third-order valence-electron chi connectivity index (χ3n) is 1.89. The van der Waals surface area contributed by atoms with Gasteiger partial charge in [-0.3, -0.25) is 4.79 Å². The fourth-order valence-corrected chi connectivity index (χ4v) is 2.99. The maximum Gasteiger partial charge on any atom is 0.321 e. The van der Waals surface area contributed by atoms with Gasteiger partial charge in [-0.15, -0.1) is 0 Å². The van der Waals surface area contributed by atoms with Crippen LogP contribution in [-0.2, 0) is 14.8 Å². The van der Waals surface area contributed by atoms with Gasteiger partial charge < -0.3 is 5.11 Å². The van der Waals surface area contributed by atoms with Gasteiger partial charge in [-0.2, -0.15) is 4.72 Å². The lowest BCUT2D eigenvalue weighted by molar-refractivity contribution is -0.138. The van der Waals surface area contributed by atoms with Crippen molar-refractivity contribution >= 4 is 39.2 Å². The lowest BCUT2D eigenvalue weighted by atomic mass is 10.4. The molecule has 0 heterocycles. The molecule has 1 atom stereocenters. The van der Waals surface area contributed by atoms with Crippen LogP contribution in [0.1, 0.15) is 6.92 Å². The van der Waals surface area contributed by atoms with E-state index in [4.69, 9.17) is 28.3 Å². The molecule has 0 bridgehead atoms. The summed E-state index contributed by atoms with van der Waals surface area (Å²) in [6.07, 6.45) is 0. The summed E-state index contributed by atoms with van der Waals surface area (Å²) in [6.45, 7) is 1.21. The molecular weight excluding hydrogens is 289 g/mol. The summed E-state index contributed by atoms with van der Waals surface area (Å²) < 4.78 is 25.6. The number of hydrogen-bond acceptors (Lipinski definition) is 3. The highest BCUT2D eigenvalue weighted by atomic mass is 35.5. The van der Waals surface area contributed by atoms with E-state index in [2.05, 4.69) is 0 Å². The molecule has 0 fully saturated rings. The molecule has 94 valence electrons. The maximum atomic E-state index is 11.8. The SMILES string of the molecule is C[C@@H](NS(=O)(=O)c1cc(Cl)ccc1Cl)C(=O)O. The number of carboxylic acid groups (broad SMARTS) is 1. The fourth-order valence-electron chi connectivity index (χ4n) is 1.03. The minimum Gasteiger partial charge on any atom is -0.480 e. The number of nitrogens with one attached hydrogen (secondary N) is 1. The molecule has 0 aliphatic rings. The van der Waals surface area contributed by atoms with Crippen LogP contribution in [0.3, 0.4) is 0 Å². The average molecular weight is 298 g/mol. The summed E-state index contributed by atoms with van der Waals surface area (Å²) in [5, 5.41) is 8.79. The van der Waals surface area contributed by atoms with Crippen molar-refractivity contribution < 1.29 is 18.3 Å². The molecule has 0 saturated heterocycles. The van der Waals surface area contributed by atoms with Gasteiger partial charge in [-0.05, 0) is 25.1 Å². The molecule has 17 heavy (non-hydrogen) atoms. The first-order valence-electron chi connectivity index (χ1n) is 4.44. The van der Waals surface area contributed by atoms with Crippen molar-refractivity contribution in [3.05, 3.63) is 28.2 Å². The summed E-state index contributed by atoms with van der Waals surface area (Å²) in [5.74, 6) is -1.29. The number of sulfonamides is 1. The lowest BCUT2D eigenvalue weighted by Crippen LogP contribution is -2.38. The Morgan fingerprint density at radius 1 is 1.41 bits per heavy atom. The van der Waals surface area contributed by atoms with E-state index in [0.717, 1.165) is 6.07 Å². The highest BCUT2D eigenvalue weighted by molar-refractivity contribution is 7.89. The molecule has 1 rings (SSSR count). The topological polar surface area (TPSA) is 83.5 Å². The summed E-state index contributed by atoms with van der Waals surface area (Å²) in [5.41, 5.74) is 0. The van der Waals surface area contributed by atoms with E-state index >= 15 is 0 Å². The van der Waals surface area contributed by atoms with Crippen LogP contribution in [0, 0.1) is 0 Å². The lowest BCUT2D eigenvalue weighted by Gasteiger charge is -2.11. The third kappa shape index (κ3) is 3.57. The monoisotopic (exact) mass is 297 g/mol. The minimum atomic E-state index is -4.00. The summed E-state index contributed by atoms with van der Waals surface area (Å²) in [7, 11) is -4.00. The Bertz CT molecular complexity index is 544. The van der Waals surface area contributed by atoms with Crippen LogP contribution in [0.15, 0.2) is 23.1 Å². The van der Waals surface area contributed by atoms with Gasteiger partial charge in [0.15, 0.2) is 0 Å². The van der Waals surface area contributed by atoms with Crippen LogP contribution in [0.5, 0.6) is 0 Å². The highest BCUT2D eigenvalue weighted by Crippen LogP contribution is 2.24. The summed E-state index contributed by atoms with van der Waals surface area (Å²) in [4.78, 5) is 10.3. The first-order valence-corrected chi connectivity index (χ1v) is 6.68. The van der Waals surface area contributed by atoms with Crippen LogP contribution < -0.4 is 4.72 Å². The Morgan fingerprint density at radius 3 is 2.53 bits per heavy atom. The van der Waals surface area contributed by atoms with E-state index in [0.29, 0.717) is 0 Å². The second-order valence-electron chi connectivity index (χ2n) is 3.26. The van der Waals surface area contributed by atoms with Gasteiger partial charge in [0.1, 0.15) is 10.9 Å². The Labute approximate surface area is 108 Å². The van der Waals surface area contributed by atoms with Crippen molar-refractivity contribution in [2.45, 2.75) is 17.9 Å². The van der Waals surface area contributed by atoms with Gasteiger partial charge in [0.05, 0.1) is 5.02 Å². The van der Waals surface area contributed by atoms with Crippen LogP contribution in [0.2, 0.25) is 10.0 Å². The average Bonchev–Trinajstić information content (AvgIpc) is 2.20. The van der Waals surface area contributed by atoms with Crippen molar-refractivity contribution in [3.63, 3.8) is 0 Å². The molecule has 0 aliphatic carbocycles. The molecule has 0 radical (unpaired) electrons. The van der Waals surface area contributed by atoms with Crippen LogP contribution in [0.4, 0.5) is 0 Å². The number of benzene rings is 1. The number of hydrogen-bond donors (Lipinski definition) is 2.